The van der Waals surface area contributed by atoms with Crippen LogP contribution in [0.4, 0.5) is 0 Å². The van der Waals surface area contributed by atoms with Gasteiger partial charge in [-0.2, -0.15) is 5.26 Å². The number of benzene rings is 1. The van der Waals surface area contributed by atoms with Crippen LogP contribution >= 0.6 is 0 Å². The van der Waals surface area contributed by atoms with Crippen molar-refractivity contribution in [1.82, 2.24) is 9.55 Å². The molecule has 2 aromatic rings. The zero-order valence-corrected chi connectivity index (χ0v) is 11.7. The minimum Gasteiger partial charge on any atom is -0.481 e. The van der Waals surface area contributed by atoms with Crippen LogP contribution in [0.25, 0.3) is 11.0 Å². The smallest absolute Gasteiger partial charge is 0.306 e. The number of aromatic nitrogens is 2. The lowest BCUT2D eigenvalue weighted by Gasteiger charge is -2.26. The van der Waals surface area contributed by atoms with Gasteiger partial charge in [0.15, 0.2) is 0 Å². The van der Waals surface area contributed by atoms with Crippen molar-refractivity contribution in [3.8, 4) is 6.07 Å². The van der Waals surface area contributed by atoms with Gasteiger partial charge in [-0.25, -0.2) is 4.98 Å². The maximum absolute atomic E-state index is 11.0. The molecule has 1 saturated carbocycles. The van der Waals surface area contributed by atoms with Crippen molar-refractivity contribution in [1.29, 1.82) is 5.26 Å². The van der Waals surface area contributed by atoms with Crippen LogP contribution in [0, 0.1) is 23.2 Å². The van der Waals surface area contributed by atoms with Crippen molar-refractivity contribution in [2.24, 2.45) is 11.8 Å². The van der Waals surface area contributed by atoms with Gasteiger partial charge in [-0.15, -0.1) is 0 Å². The van der Waals surface area contributed by atoms with E-state index in [-0.39, 0.29) is 5.92 Å². The summed E-state index contributed by atoms with van der Waals surface area (Å²) < 4.78 is 2.11. The molecule has 0 saturated heterocycles. The fourth-order valence-electron chi connectivity index (χ4n) is 3.15. The van der Waals surface area contributed by atoms with E-state index in [0.29, 0.717) is 11.5 Å². The van der Waals surface area contributed by atoms with Gasteiger partial charge in [-0.3, -0.25) is 4.79 Å². The second kappa shape index (κ2) is 5.57. The molecule has 1 heterocycles. The van der Waals surface area contributed by atoms with E-state index < -0.39 is 5.97 Å². The van der Waals surface area contributed by atoms with Gasteiger partial charge in [-0.1, -0.05) is 0 Å². The molecule has 1 N–H and O–H groups in total. The van der Waals surface area contributed by atoms with Crippen LogP contribution in [0.15, 0.2) is 24.5 Å². The maximum atomic E-state index is 11.0. The van der Waals surface area contributed by atoms with Crippen LogP contribution in [0.5, 0.6) is 0 Å². The molecule has 108 valence electrons. The van der Waals surface area contributed by atoms with Gasteiger partial charge in [0.05, 0.1) is 34.9 Å². The second-order valence-corrected chi connectivity index (χ2v) is 5.77. The molecule has 0 radical (unpaired) electrons. The largest absolute Gasteiger partial charge is 0.481 e. The quantitative estimate of drug-likeness (QED) is 0.939. The minimum absolute atomic E-state index is 0.168. The average Bonchev–Trinajstić information content (AvgIpc) is 2.90. The molecule has 0 bridgehead atoms. The predicted octanol–water partition coefficient (Wildman–Crippen LogP) is 2.80. The Kier molecular flexibility index (Phi) is 3.61. The van der Waals surface area contributed by atoms with Gasteiger partial charge in [0, 0.05) is 6.54 Å². The molecule has 21 heavy (non-hydrogen) atoms. The fourth-order valence-corrected chi connectivity index (χ4v) is 3.15. The van der Waals surface area contributed by atoms with E-state index >= 15 is 0 Å². The number of aliphatic carboxylic acids is 1. The van der Waals surface area contributed by atoms with Gasteiger partial charge in [-0.05, 0) is 49.8 Å². The summed E-state index contributed by atoms with van der Waals surface area (Å²) >= 11 is 0. The third-order valence-electron chi connectivity index (χ3n) is 4.40. The lowest BCUT2D eigenvalue weighted by atomic mass is 9.82. The molecule has 0 unspecified atom stereocenters. The zero-order valence-electron chi connectivity index (χ0n) is 11.7. The fraction of sp³-hybridized carbons (Fsp3) is 0.438. The van der Waals surface area contributed by atoms with Crippen molar-refractivity contribution in [3.63, 3.8) is 0 Å². The SMILES string of the molecule is N#Cc1ccc2c(c1)ncn2C[C@H]1CC[C@H](C(=O)O)CC1. The van der Waals surface area contributed by atoms with Crippen LogP contribution in [-0.4, -0.2) is 20.6 Å². The number of nitrogens with zero attached hydrogens (tertiary/aromatic N) is 3. The number of fused-ring (bicyclic) bond motifs is 1. The summed E-state index contributed by atoms with van der Waals surface area (Å²) in [4.78, 5) is 15.3. The summed E-state index contributed by atoms with van der Waals surface area (Å²) in [5.41, 5.74) is 2.50. The van der Waals surface area contributed by atoms with E-state index in [1.165, 1.54) is 0 Å². The molecule has 5 nitrogen and oxygen atoms in total. The highest BCUT2D eigenvalue weighted by atomic mass is 16.4. The van der Waals surface area contributed by atoms with Crippen LogP contribution < -0.4 is 0 Å². The molecule has 1 fully saturated rings. The molecule has 1 aromatic heterocycles. The highest BCUT2D eigenvalue weighted by molar-refractivity contribution is 5.76. The Morgan fingerprint density at radius 1 is 1.38 bits per heavy atom. The zero-order chi connectivity index (χ0) is 14.8. The van der Waals surface area contributed by atoms with E-state index in [1.54, 1.807) is 6.07 Å². The van der Waals surface area contributed by atoms with Gasteiger partial charge in [0.25, 0.3) is 0 Å². The minimum atomic E-state index is -0.662. The number of hydrogen-bond acceptors (Lipinski definition) is 3. The topological polar surface area (TPSA) is 78.9 Å². The first kappa shape index (κ1) is 13.6. The molecule has 5 heteroatoms. The van der Waals surface area contributed by atoms with Crippen molar-refractivity contribution < 1.29 is 9.90 Å². The molecule has 3 rings (SSSR count). The standard InChI is InChI=1S/C16H17N3O2/c17-8-12-3-6-15-14(7-12)18-10-19(15)9-11-1-4-13(5-2-11)16(20)21/h3,6-7,10-11,13H,1-2,4-5,9H2,(H,20,21)/t11-,13-. The Hall–Kier alpha value is -2.35. The Bertz CT molecular complexity index is 706. The summed E-state index contributed by atoms with van der Waals surface area (Å²) in [6.07, 6.45) is 5.26. The number of carboxylic acid groups (broad SMARTS) is 1. The van der Waals surface area contributed by atoms with Crippen molar-refractivity contribution in [2.45, 2.75) is 32.2 Å². The molecular formula is C16H17N3O2. The highest BCUT2D eigenvalue weighted by Gasteiger charge is 2.26. The van der Waals surface area contributed by atoms with Crippen LogP contribution in [0.3, 0.4) is 0 Å². The maximum Gasteiger partial charge on any atom is 0.306 e. The van der Waals surface area contributed by atoms with Crippen LogP contribution in [0.2, 0.25) is 0 Å². The molecule has 0 atom stereocenters. The third kappa shape index (κ3) is 2.75. The van der Waals surface area contributed by atoms with Crippen molar-refractivity contribution >= 4 is 17.0 Å². The lowest BCUT2D eigenvalue weighted by Crippen LogP contribution is -2.23. The molecule has 1 aliphatic rings. The van der Waals surface area contributed by atoms with Crippen molar-refractivity contribution in [3.05, 3.63) is 30.1 Å². The molecule has 0 aliphatic heterocycles. The van der Waals surface area contributed by atoms with E-state index in [1.807, 2.05) is 18.5 Å². The Morgan fingerprint density at radius 2 is 2.14 bits per heavy atom. The number of nitriles is 1. The van der Waals surface area contributed by atoms with E-state index in [9.17, 15) is 4.79 Å². The molecule has 0 amide bonds. The summed E-state index contributed by atoms with van der Waals surface area (Å²) in [5, 5.41) is 17.9. The van der Waals surface area contributed by atoms with Crippen LogP contribution in [0.1, 0.15) is 31.2 Å². The number of imidazole rings is 1. The second-order valence-electron chi connectivity index (χ2n) is 5.77. The Morgan fingerprint density at radius 3 is 2.81 bits per heavy atom. The third-order valence-corrected chi connectivity index (χ3v) is 4.40. The van der Waals surface area contributed by atoms with Crippen LogP contribution in [-0.2, 0) is 11.3 Å². The molecule has 1 aliphatic carbocycles. The summed E-state index contributed by atoms with van der Waals surface area (Å²) in [6, 6.07) is 7.66. The molecule has 1 aromatic carbocycles. The first-order chi connectivity index (χ1) is 10.2. The monoisotopic (exact) mass is 283 g/mol. The Labute approximate surface area is 122 Å². The summed E-state index contributed by atoms with van der Waals surface area (Å²) in [6.45, 7) is 0.870. The van der Waals surface area contributed by atoms with E-state index in [2.05, 4.69) is 15.6 Å². The van der Waals surface area contributed by atoms with Gasteiger partial charge >= 0.3 is 5.97 Å². The van der Waals surface area contributed by atoms with Crippen molar-refractivity contribution in [2.75, 3.05) is 0 Å². The Balaban J connectivity index is 1.72. The number of hydrogen-bond donors (Lipinski definition) is 1. The molecular weight excluding hydrogens is 266 g/mol. The van der Waals surface area contributed by atoms with E-state index in [0.717, 1.165) is 43.3 Å². The summed E-state index contributed by atoms with van der Waals surface area (Å²) in [5.74, 6) is -0.321. The number of carboxylic acids is 1. The van der Waals surface area contributed by atoms with E-state index in [4.69, 9.17) is 10.4 Å². The normalized spacial score (nSPS) is 22.0. The summed E-state index contributed by atoms with van der Waals surface area (Å²) in [7, 11) is 0. The number of carbonyl (C=O) groups is 1. The lowest BCUT2D eigenvalue weighted by molar-refractivity contribution is -0.143. The molecule has 0 spiro atoms. The first-order valence-electron chi connectivity index (χ1n) is 7.25. The van der Waals surface area contributed by atoms with Gasteiger partial charge < -0.3 is 9.67 Å². The highest BCUT2D eigenvalue weighted by Crippen LogP contribution is 2.30. The van der Waals surface area contributed by atoms with Gasteiger partial charge in [0.1, 0.15) is 0 Å². The number of rotatable bonds is 3. The average molecular weight is 283 g/mol. The first-order valence-corrected chi connectivity index (χ1v) is 7.25. The predicted molar refractivity (Wildman–Crippen MR) is 77.5 cm³/mol. The van der Waals surface area contributed by atoms with Gasteiger partial charge in [0.2, 0.25) is 0 Å².